The Bertz CT molecular complexity index is 508. The monoisotopic (exact) mass is 276 g/mol. The smallest absolute Gasteiger partial charge is 0.240 e. The maximum atomic E-state index is 13.6. The van der Waals surface area contributed by atoms with Crippen molar-refractivity contribution in [2.45, 2.75) is 31.2 Å². The first-order valence-corrected chi connectivity index (χ1v) is 6.95. The highest BCUT2D eigenvalue weighted by molar-refractivity contribution is 7.89. The van der Waals surface area contributed by atoms with Crippen LogP contribution in [0.15, 0.2) is 17.0 Å². The molecule has 0 spiro atoms. The SMILES string of the molecule is CCC(C)NS(=O)(=O)c1cc(N)c(OC)c(F)c1. The lowest BCUT2D eigenvalue weighted by molar-refractivity contribution is 0.388. The second-order valence-electron chi connectivity index (χ2n) is 3.96. The van der Waals surface area contributed by atoms with Crippen LogP contribution < -0.4 is 15.2 Å². The van der Waals surface area contributed by atoms with Crippen LogP contribution in [-0.4, -0.2) is 21.6 Å². The molecule has 18 heavy (non-hydrogen) atoms. The van der Waals surface area contributed by atoms with E-state index in [1.54, 1.807) is 6.92 Å². The minimum absolute atomic E-state index is 0.0537. The van der Waals surface area contributed by atoms with E-state index in [1.807, 2.05) is 6.92 Å². The first kappa shape index (κ1) is 14.7. The molecular weight excluding hydrogens is 259 g/mol. The van der Waals surface area contributed by atoms with Crippen LogP contribution in [0.2, 0.25) is 0 Å². The van der Waals surface area contributed by atoms with E-state index in [4.69, 9.17) is 10.5 Å². The third kappa shape index (κ3) is 3.11. The molecule has 0 fully saturated rings. The minimum Gasteiger partial charge on any atom is -0.492 e. The molecule has 5 nitrogen and oxygen atoms in total. The molecule has 1 unspecified atom stereocenters. The normalized spacial score (nSPS) is 13.3. The number of hydrogen-bond acceptors (Lipinski definition) is 4. The van der Waals surface area contributed by atoms with Crippen LogP contribution in [0.5, 0.6) is 5.75 Å². The second-order valence-corrected chi connectivity index (χ2v) is 5.67. The summed E-state index contributed by atoms with van der Waals surface area (Å²) in [5.74, 6) is -0.959. The number of methoxy groups -OCH3 is 1. The van der Waals surface area contributed by atoms with Crippen molar-refractivity contribution in [3.63, 3.8) is 0 Å². The number of nitrogens with two attached hydrogens (primary N) is 1. The number of hydrogen-bond donors (Lipinski definition) is 2. The van der Waals surface area contributed by atoms with Gasteiger partial charge in [0.25, 0.3) is 0 Å². The molecule has 0 aliphatic heterocycles. The average Bonchev–Trinajstić information content (AvgIpc) is 2.27. The van der Waals surface area contributed by atoms with Gasteiger partial charge in [-0.05, 0) is 25.5 Å². The van der Waals surface area contributed by atoms with Crippen molar-refractivity contribution in [1.29, 1.82) is 0 Å². The van der Waals surface area contributed by atoms with Crippen LogP contribution in [0.4, 0.5) is 10.1 Å². The van der Waals surface area contributed by atoms with Gasteiger partial charge in [-0.1, -0.05) is 6.92 Å². The zero-order valence-corrected chi connectivity index (χ0v) is 11.3. The molecule has 0 radical (unpaired) electrons. The predicted molar refractivity (Wildman–Crippen MR) is 67.4 cm³/mol. The molecule has 1 aromatic carbocycles. The largest absolute Gasteiger partial charge is 0.492 e. The Morgan fingerprint density at radius 2 is 2.11 bits per heavy atom. The topological polar surface area (TPSA) is 81.4 Å². The first-order valence-electron chi connectivity index (χ1n) is 5.47. The van der Waals surface area contributed by atoms with E-state index in [0.29, 0.717) is 6.42 Å². The number of anilines is 1. The second kappa shape index (κ2) is 5.53. The van der Waals surface area contributed by atoms with Gasteiger partial charge in [0, 0.05) is 6.04 Å². The molecule has 0 aromatic heterocycles. The quantitative estimate of drug-likeness (QED) is 0.798. The van der Waals surface area contributed by atoms with Crippen LogP contribution in [0.1, 0.15) is 20.3 Å². The Kier molecular flexibility index (Phi) is 4.53. The van der Waals surface area contributed by atoms with E-state index in [1.165, 1.54) is 13.2 Å². The standard InChI is InChI=1S/C11H17FN2O3S/c1-4-7(2)14-18(15,16)8-5-9(12)11(17-3)10(13)6-8/h5-7,14H,4,13H2,1-3H3. The van der Waals surface area contributed by atoms with Gasteiger partial charge in [-0.3, -0.25) is 0 Å². The van der Waals surface area contributed by atoms with Crippen molar-refractivity contribution in [3.8, 4) is 5.75 Å². The number of halogens is 1. The van der Waals surface area contributed by atoms with Crippen LogP contribution in [0.3, 0.4) is 0 Å². The van der Waals surface area contributed by atoms with E-state index in [2.05, 4.69) is 4.72 Å². The number of benzene rings is 1. The average molecular weight is 276 g/mol. The molecule has 102 valence electrons. The van der Waals surface area contributed by atoms with E-state index >= 15 is 0 Å². The summed E-state index contributed by atoms with van der Waals surface area (Å²) in [6, 6.07) is 1.83. The Morgan fingerprint density at radius 3 is 2.56 bits per heavy atom. The molecule has 1 rings (SSSR count). The van der Waals surface area contributed by atoms with Gasteiger partial charge >= 0.3 is 0 Å². The van der Waals surface area contributed by atoms with Crippen molar-refractivity contribution < 1.29 is 17.5 Å². The number of nitrogen functional groups attached to an aromatic ring is 1. The summed E-state index contributed by atoms with van der Waals surface area (Å²) in [6.07, 6.45) is 0.632. The highest BCUT2D eigenvalue weighted by Crippen LogP contribution is 2.28. The zero-order valence-electron chi connectivity index (χ0n) is 10.5. The van der Waals surface area contributed by atoms with Gasteiger partial charge in [0.15, 0.2) is 11.6 Å². The van der Waals surface area contributed by atoms with Crippen molar-refractivity contribution in [2.24, 2.45) is 0 Å². The molecule has 1 atom stereocenters. The molecule has 0 amide bonds. The Morgan fingerprint density at radius 1 is 1.50 bits per heavy atom. The third-order valence-corrected chi connectivity index (χ3v) is 4.10. The zero-order chi connectivity index (χ0) is 13.9. The summed E-state index contributed by atoms with van der Waals surface area (Å²) >= 11 is 0. The van der Waals surface area contributed by atoms with E-state index in [0.717, 1.165) is 6.07 Å². The van der Waals surface area contributed by atoms with Gasteiger partial charge in [-0.25, -0.2) is 17.5 Å². The summed E-state index contributed by atoms with van der Waals surface area (Å²) in [7, 11) is -2.50. The summed E-state index contributed by atoms with van der Waals surface area (Å²) < 4.78 is 44.6. The van der Waals surface area contributed by atoms with Gasteiger partial charge in [-0.2, -0.15) is 0 Å². The van der Waals surface area contributed by atoms with Crippen LogP contribution in [0.25, 0.3) is 0 Å². The van der Waals surface area contributed by atoms with Gasteiger partial charge in [-0.15, -0.1) is 0 Å². The molecular formula is C11H17FN2O3S. The fraction of sp³-hybridized carbons (Fsp3) is 0.455. The van der Waals surface area contributed by atoms with Crippen molar-refractivity contribution in [1.82, 2.24) is 4.72 Å². The van der Waals surface area contributed by atoms with Crippen LogP contribution in [0, 0.1) is 5.82 Å². The summed E-state index contributed by atoms with van der Waals surface area (Å²) in [4.78, 5) is -0.210. The molecule has 3 N–H and O–H groups in total. The van der Waals surface area contributed by atoms with E-state index in [-0.39, 0.29) is 22.4 Å². The molecule has 7 heteroatoms. The molecule has 0 aliphatic rings. The fourth-order valence-corrected chi connectivity index (χ4v) is 2.75. The predicted octanol–water partition coefficient (Wildman–Crippen LogP) is 1.49. The molecule has 0 saturated carbocycles. The maximum Gasteiger partial charge on any atom is 0.240 e. The highest BCUT2D eigenvalue weighted by Gasteiger charge is 2.20. The minimum atomic E-state index is -3.77. The van der Waals surface area contributed by atoms with E-state index < -0.39 is 15.8 Å². The van der Waals surface area contributed by atoms with Gasteiger partial charge < -0.3 is 10.5 Å². The molecule has 0 bridgehead atoms. The van der Waals surface area contributed by atoms with Crippen LogP contribution >= 0.6 is 0 Å². The maximum absolute atomic E-state index is 13.6. The number of ether oxygens (including phenoxy) is 1. The molecule has 0 aliphatic carbocycles. The Labute approximate surface area is 106 Å². The molecule has 0 saturated heterocycles. The highest BCUT2D eigenvalue weighted by atomic mass is 32.2. The Hall–Kier alpha value is -1.34. The Balaban J connectivity index is 3.18. The van der Waals surface area contributed by atoms with Gasteiger partial charge in [0.2, 0.25) is 10.0 Å². The first-order chi connectivity index (χ1) is 8.31. The van der Waals surface area contributed by atoms with Crippen LogP contribution in [-0.2, 0) is 10.0 Å². The number of sulfonamides is 1. The third-order valence-electron chi connectivity index (χ3n) is 2.53. The number of rotatable bonds is 5. The lowest BCUT2D eigenvalue weighted by Gasteiger charge is -2.13. The molecule has 1 aromatic rings. The van der Waals surface area contributed by atoms with Gasteiger partial charge in [0.05, 0.1) is 17.7 Å². The summed E-state index contributed by atoms with van der Waals surface area (Å²) in [5.41, 5.74) is 5.48. The van der Waals surface area contributed by atoms with Crippen molar-refractivity contribution in [2.75, 3.05) is 12.8 Å². The number of nitrogens with one attached hydrogen (secondary N) is 1. The fourth-order valence-electron chi connectivity index (χ4n) is 1.38. The summed E-state index contributed by atoms with van der Waals surface area (Å²) in [6.45, 7) is 3.57. The van der Waals surface area contributed by atoms with E-state index in [9.17, 15) is 12.8 Å². The summed E-state index contributed by atoms with van der Waals surface area (Å²) in [5, 5.41) is 0. The van der Waals surface area contributed by atoms with Gasteiger partial charge in [0.1, 0.15) is 0 Å². The van der Waals surface area contributed by atoms with Crippen molar-refractivity contribution in [3.05, 3.63) is 17.9 Å². The van der Waals surface area contributed by atoms with Crippen molar-refractivity contribution >= 4 is 15.7 Å². The lowest BCUT2D eigenvalue weighted by atomic mass is 10.3. The molecule has 0 heterocycles. The lowest BCUT2D eigenvalue weighted by Crippen LogP contribution is -2.32.